The molecule has 0 fully saturated rings. The highest BCUT2D eigenvalue weighted by molar-refractivity contribution is 7.43. The van der Waals surface area contributed by atoms with Crippen molar-refractivity contribution in [3.63, 3.8) is 0 Å². The third-order valence-corrected chi connectivity index (χ3v) is 3.65. The molecule has 0 aliphatic carbocycles. The van der Waals surface area contributed by atoms with E-state index in [1.165, 1.54) is 18.7 Å². The molecule has 0 aliphatic rings. The zero-order valence-corrected chi connectivity index (χ0v) is 12.6. The van der Waals surface area contributed by atoms with E-state index in [9.17, 15) is 23.9 Å². The summed E-state index contributed by atoms with van der Waals surface area (Å²) in [6, 6.07) is 0. The van der Waals surface area contributed by atoms with E-state index in [1.54, 1.807) is 0 Å². The molecule has 0 aromatic carbocycles. The number of phosphoric ester groups is 1. The molecule has 10 nitrogen and oxygen atoms in total. The van der Waals surface area contributed by atoms with Crippen molar-refractivity contribution in [2.75, 3.05) is 6.61 Å². The fraction of sp³-hybridized carbons (Fsp3) is 0.444. The summed E-state index contributed by atoms with van der Waals surface area (Å²) in [6.45, 7) is -0.682. The fourth-order valence-electron chi connectivity index (χ4n) is 1.87. The van der Waals surface area contributed by atoms with Gasteiger partial charge in [0.2, 0.25) is 5.28 Å². The number of hydrogen-bond acceptors (Lipinski definition) is 7. The second kappa shape index (κ2) is 5.39. The molecule has 0 radical (unpaired) electrons. The monoisotopic (exact) mass is 336 g/mol. The first-order chi connectivity index (χ1) is 9.63. The van der Waals surface area contributed by atoms with Gasteiger partial charge in [-0.2, -0.15) is 4.98 Å². The highest BCUT2D eigenvalue weighted by Gasteiger charge is 2.17. The molecule has 2 aromatic rings. The number of hydrogen-bond donors (Lipinski definition) is 0. The molecular weight excluding hydrogens is 327 g/mol. The third-order valence-electron chi connectivity index (χ3n) is 2.87. The van der Waals surface area contributed by atoms with E-state index in [4.69, 9.17) is 11.6 Å². The summed E-state index contributed by atoms with van der Waals surface area (Å²) in [5, 5.41) is -0.126. The molecule has 0 N–H and O–H groups in total. The Labute approximate surface area is 122 Å². The van der Waals surface area contributed by atoms with Crippen LogP contribution >= 0.6 is 19.4 Å². The average molecular weight is 337 g/mol. The first kappa shape index (κ1) is 15.9. The standard InChI is InChI=1S/C9H12ClN4O6P/c1-12-6-5(7(15)13(2)9(12)16)14(8(10)11-6)3-4-20-21(17,18)19/h3-4H2,1-2H3,(H2,17,18,19)/p-2. The van der Waals surface area contributed by atoms with E-state index in [2.05, 4.69) is 9.51 Å². The van der Waals surface area contributed by atoms with Gasteiger partial charge < -0.3 is 23.4 Å². The molecule has 0 unspecified atom stereocenters. The van der Waals surface area contributed by atoms with Crippen molar-refractivity contribution in [3.8, 4) is 0 Å². The quantitative estimate of drug-likeness (QED) is 0.462. The highest BCUT2D eigenvalue weighted by atomic mass is 35.5. The van der Waals surface area contributed by atoms with E-state index in [-0.39, 0.29) is 23.0 Å². The smallest absolute Gasteiger partial charge is 0.332 e. The molecule has 2 aromatic heterocycles. The van der Waals surface area contributed by atoms with Crippen LogP contribution in [0.5, 0.6) is 0 Å². The van der Waals surface area contributed by atoms with Gasteiger partial charge in [-0.15, -0.1) is 0 Å². The first-order valence-corrected chi connectivity index (χ1v) is 7.45. The average Bonchev–Trinajstić information content (AvgIpc) is 2.70. The second-order valence-corrected chi connectivity index (χ2v) is 5.68. The lowest BCUT2D eigenvalue weighted by atomic mass is 10.5. The lowest BCUT2D eigenvalue weighted by Gasteiger charge is -2.28. The molecule has 2 heterocycles. The first-order valence-electron chi connectivity index (χ1n) is 5.62. The van der Waals surface area contributed by atoms with Crippen molar-refractivity contribution in [1.29, 1.82) is 0 Å². The lowest BCUT2D eigenvalue weighted by Crippen LogP contribution is -2.37. The van der Waals surface area contributed by atoms with Crippen molar-refractivity contribution in [3.05, 3.63) is 26.1 Å². The van der Waals surface area contributed by atoms with Crippen LogP contribution in [0.3, 0.4) is 0 Å². The molecule has 0 atom stereocenters. The van der Waals surface area contributed by atoms with Gasteiger partial charge in [-0.05, 0) is 11.6 Å². The van der Waals surface area contributed by atoms with Gasteiger partial charge in [0.05, 0.1) is 14.4 Å². The zero-order valence-electron chi connectivity index (χ0n) is 11.0. The summed E-state index contributed by atoms with van der Waals surface area (Å²) < 4.78 is 17.7. The van der Waals surface area contributed by atoms with Gasteiger partial charge in [-0.25, -0.2) is 4.79 Å². The van der Waals surface area contributed by atoms with Crippen LogP contribution in [-0.2, 0) is 29.7 Å². The summed E-state index contributed by atoms with van der Waals surface area (Å²) in [6.07, 6.45) is 0. The van der Waals surface area contributed by atoms with Crippen LogP contribution in [0.2, 0.25) is 5.28 Å². The van der Waals surface area contributed by atoms with Crippen molar-refractivity contribution in [2.24, 2.45) is 14.1 Å². The maximum absolute atomic E-state index is 12.1. The number of halogens is 1. The molecule has 12 heteroatoms. The van der Waals surface area contributed by atoms with E-state index < -0.39 is 25.7 Å². The van der Waals surface area contributed by atoms with Gasteiger partial charge in [0.15, 0.2) is 11.2 Å². The number of rotatable bonds is 4. The van der Waals surface area contributed by atoms with Crippen LogP contribution in [0.1, 0.15) is 0 Å². The topological polar surface area (TPSA) is 134 Å². The van der Waals surface area contributed by atoms with Gasteiger partial charge in [0.25, 0.3) is 5.56 Å². The van der Waals surface area contributed by atoms with Crippen LogP contribution < -0.4 is 21.0 Å². The van der Waals surface area contributed by atoms with Crippen molar-refractivity contribution in [2.45, 2.75) is 6.54 Å². The summed E-state index contributed by atoms with van der Waals surface area (Å²) >= 11 is 5.87. The van der Waals surface area contributed by atoms with E-state index in [0.29, 0.717) is 0 Å². The minimum Gasteiger partial charge on any atom is -0.790 e. The van der Waals surface area contributed by atoms with Crippen LogP contribution in [0, 0.1) is 0 Å². The molecule has 116 valence electrons. The Morgan fingerprint density at radius 1 is 1.29 bits per heavy atom. The van der Waals surface area contributed by atoms with Crippen LogP contribution in [0.15, 0.2) is 9.59 Å². The predicted octanol–water partition coefficient (Wildman–Crippen LogP) is -2.07. The number of aryl methyl sites for hydroxylation is 1. The predicted molar refractivity (Wildman–Crippen MR) is 68.8 cm³/mol. The molecule has 2 rings (SSSR count). The van der Waals surface area contributed by atoms with E-state index in [1.807, 2.05) is 0 Å². The molecule has 0 bridgehead atoms. The summed E-state index contributed by atoms with van der Waals surface area (Å²) in [4.78, 5) is 48.6. The van der Waals surface area contributed by atoms with Crippen LogP contribution in [0.4, 0.5) is 0 Å². The Bertz CT molecular complexity index is 862. The van der Waals surface area contributed by atoms with Crippen molar-refractivity contribution in [1.82, 2.24) is 18.7 Å². The molecule has 0 spiro atoms. The molecule has 0 amide bonds. The molecule has 21 heavy (non-hydrogen) atoms. The summed E-state index contributed by atoms with van der Waals surface area (Å²) in [5.74, 6) is 0. The Morgan fingerprint density at radius 3 is 2.48 bits per heavy atom. The highest BCUT2D eigenvalue weighted by Crippen LogP contribution is 2.24. The molecule has 0 saturated carbocycles. The zero-order chi connectivity index (χ0) is 15.9. The van der Waals surface area contributed by atoms with Gasteiger partial charge >= 0.3 is 5.69 Å². The Kier molecular flexibility index (Phi) is 4.09. The van der Waals surface area contributed by atoms with E-state index in [0.717, 1.165) is 9.13 Å². The Hall–Kier alpha value is -1.45. The number of phosphoric acid groups is 1. The minimum absolute atomic E-state index is 0.0137. The van der Waals surface area contributed by atoms with Crippen molar-refractivity contribution >= 4 is 30.6 Å². The van der Waals surface area contributed by atoms with Crippen LogP contribution in [0.25, 0.3) is 11.2 Å². The van der Waals surface area contributed by atoms with Crippen LogP contribution in [-0.4, -0.2) is 25.3 Å². The second-order valence-electron chi connectivity index (χ2n) is 4.19. The van der Waals surface area contributed by atoms with Gasteiger partial charge in [-0.3, -0.25) is 13.9 Å². The Balaban J connectivity index is 2.55. The Morgan fingerprint density at radius 2 is 1.90 bits per heavy atom. The molecular formula is C9H10ClN4O6P-2. The van der Waals surface area contributed by atoms with Crippen molar-refractivity contribution < 1.29 is 18.9 Å². The maximum Gasteiger partial charge on any atom is 0.332 e. The van der Waals surface area contributed by atoms with Gasteiger partial charge in [-0.1, -0.05) is 0 Å². The van der Waals surface area contributed by atoms with Gasteiger partial charge in [0, 0.05) is 20.6 Å². The SMILES string of the molecule is Cn1c(=O)c2c(nc(Cl)n2CCOP(=O)([O-])[O-])n(C)c1=O. The molecule has 0 aliphatic heterocycles. The maximum atomic E-state index is 12.1. The lowest BCUT2D eigenvalue weighted by molar-refractivity contribution is -0.341. The number of aromatic nitrogens is 4. The fourth-order valence-corrected chi connectivity index (χ4v) is 2.42. The normalized spacial score (nSPS) is 12.2. The molecule has 0 saturated heterocycles. The van der Waals surface area contributed by atoms with Gasteiger partial charge in [0.1, 0.15) is 0 Å². The largest absolute Gasteiger partial charge is 0.790 e. The number of imidazole rings is 1. The number of fused-ring (bicyclic) bond motifs is 1. The summed E-state index contributed by atoms with van der Waals surface area (Å²) in [5.41, 5.74) is -1.14. The minimum atomic E-state index is -5.11. The summed E-state index contributed by atoms with van der Waals surface area (Å²) in [7, 11) is -2.41. The van der Waals surface area contributed by atoms with E-state index >= 15 is 0 Å². The third kappa shape index (κ3) is 2.94. The number of nitrogens with zero attached hydrogens (tertiary/aromatic N) is 4.